The van der Waals surface area contributed by atoms with Gasteiger partial charge in [-0.2, -0.15) is 5.26 Å². The van der Waals surface area contributed by atoms with Gasteiger partial charge in [0, 0.05) is 6.42 Å². The molecule has 1 amide bonds. The zero-order valence-electron chi connectivity index (χ0n) is 14.2. The minimum Gasteiger partial charge on any atom is -0.493 e. The van der Waals surface area contributed by atoms with E-state index in [-0.39, 0.29) is 5.91 Å². The van der Waals surface area contributed by atoms with Crippen LogP contribution in [0, 0.1) is 11.5 Å². The molecule has 2 aromatic rings. The second kappa shape index (κ2) is 8.37. The number of aliphatic imine (C=N–C) groups is 1. The number of allylic oxidation sites excluding steroid dienone is 1. The van der Waals surface area contributed by atoms with Crippen LogP contribution < -0.4 is 10.1 Å². The Labute approximate surface area is 156 Å². The van der Waals surface area contributed by atoms with Gasteiger partial charge in [-0.25, -0.2) is 0 Å². The molecule has 1 N–H and O–H groups in total. The number of hydrogen-bond donors (Lipinski definition) is 1. The summed E-state index contributed by atoms with van der Waals surface area (Å²) in [7, 11) is 0. The lowest BCUT2D eigenvalue weighted by atomic mass is 10.1. The van der Waals surface area contributed by atoms with Gasteiger partial charge in [0.05, 0.1) is 11.5 Å². The average molecular weight is 363 g/mol. The predicted octanol–water partition coefficient (Wildman–Crippen LogP) is 3.74. The Bertz CT molecular complexity index is 897. The molecule has 130 valence electrons. The van der Waals surface area contributed by atoms with Crippen LogP contribution in [0.5, 0.6) is 5.75 Å². The highest BCUT2D eigenvalue weighted by Gasteiger charge is 2.26. The van der Waals surface area contributed by atoms with E-state index >= 15 is 0 Å². The van der Waals surface area contributed by atoms with Crippen LogP contribution in [-0.4, -0.2) is 17.7 Å². The van der Waals surface area contributed by atoms with Crippen molar-refractivity contribution >= 4 is 28.4 Å². The molecule has 2 aromatic carbocycles. The molecule has 0 atom stereocenters. The molecule has 0 radical (unpaired) electrons. The zero-order chi connectivity index (χ0) is 18.4. The van der Waals surface area contributed by atoms with Gasteiger partial charge in [-0.15, -0.1) is 4.99 Å². The van der Waals surface area contributed by atoms with Crippen LogP contribution in [0.1, 0.15) is 18.1 Å². The number of rotatable bonds is 5. The second-order valence-corrected chi connectivity index (χ2v) is 6.63. The molecule has 0 unspecified atom stereocenters. The molecular formula is C20H17N3O2S. The highest BCUT2D eigenvalue weighted by atomic mass is 32.2. The normalized spacial score (nSPS) is 16.9. The number of amidine groups is 1. The molecule has 1 aliphatic heterocycles. The van der Waals surface area contributed by atoms with Crippen molar-refractivity contribution in [2.75, 3.05) is 6.61 Å². The minimum atomic E-state index is -0.232. The van der Waals surface area contributed by atoms with E-state index in [2.05, 4.69) is 22.4 Å². The summed E-state index contributed by atoms with van der Waals surface area (Å²) in [6.45, 7) is 2.48. The summed E-state index contributed by atoms with van der Waals surface area (Å²) in [6.07, 6.45) is 2.53. The van der Waals surface area contributed by atoms with E-state index in [0.29, 0.717) is 16.7 Å². The number of nitriles is 1. The van der Waals surface area contributed by atoms with Gasteiger partial charge in [0.1, 0.15) is 5.75 Å². The van der Waals surface area contributed by atoms with Crippen molar-refractivity contribution in [1.29, 1.82) is 5.26 Å². The molecule has 0 aliphatic carbocycles. The Morgan fingerprint density at radius 3 is 2.62 bits per heavy atom. The topological polar surface area (TPSA) is 74.5 Å². The fraction of sp³-hybridized carbons (Fsp3) is 0.150. The maximum absolute atomic E-state index is 12.0. The van der Waals surface area contributed by atoms with Crippen molar-refractivity contribution in [3.8, 4) is 11.9 Å². The van der Waals surface area contributed by atoms with Crippen LogP contribution in [0.2, 0.25) is 0 Å². The van der Waals surface area contributed by atoms with Crippen LogP contribution in [0.3, 0.4) is 0 Å². The van der Waals surface area contributed by atoms with Gasteiger partial charge in [-0.3, -0.25) is 10.1 Å². The van der Waals surface area contributed by atoms with Crippen LogP contribution in [0.4, 0.5) is 0 Å². The van der Waals surface area contributed by atoms with Gasteiger partial charge >= 0.3 is 0 Å². The van der Waals surface area contributed by atoms with Crippen LogP contribution >= 0.6 is 11.8 Å². The fourth-order valence-corrected chi connectivity index (χ4v) is 3.37. The number of amides is 1. The summed E-state index contributed by atoms with van der Waals surface area (Å²) < 4.78 is 5.78. The SMILES string of the molecule is CC(=C1SC(=NC#N)NC1=O)c1ccc(OCCc2ccccc2)cc1. The van der Waals surface area contributed by atoms with Crippen molar-refractivity contribution in [2.45, 2.75) is 13.3 Å². The fourth-order valence-electron chi connectivity index (χ4n) is 2.53. The number of nitrogens with one attached hydrogen (secondary N) is 1. The van der Waals surface area contributed by atoms with E-state index in [1.807, 2.05) is 49.4 Å². The summed E-state index contributed by atoms with van der Waals surface area (Å²) in [5, 5.41) is 11.5. The Morgan fingerprint density at radius 1 is 1.19 bits per heavy atom. The highest BCUT2D eigenvalue weighted by molar-refractivity contribution is 8.18. The quantitative estimate of drug-likeness (QED) is 0.649. The molecule has 0 aromatic heterocycles. The van der Waals surface area contributed by atoms with Crippen LogP contribution in [-0.2, 0) is 11.2 Å². The first-order valence-corrected chi connectivity index (χ1v) is 8.93. The molecule has 1 fully saturated rings. The lowest BCUT2D eigenvalue weighted by Crippen LogP contribution is -2.19. The van der Waals surface area contributed by atoms with Crippen molar-refractivity contribution in [3.05, 3.63) is 70.6 Å². The van der Waals surface area contributed by atoms with Gasteiger partial charge < -0.3 is 4.74 Å². The monoisotopic (exact) mass is 363 g/mol. The van der Waals surface area contributed by atoms with E-state index in [4.69, 9.17) is 10.00 Å². The van der Waals surface area contributed by atoms with Crippen molar-refractivity contribution < 1.29 is 9.53 Å². The van der Waals surface area contributed by atoms with Crippen LogP contribution in [0.25, 0.3) is 5.57 Å². The van der Waals surface area contributed by atoms with E-state index in [0.717, 1.165) is 23.3 Å². The maximum atomic E-state index is 12.0. The van der Waals surface area contributed by atoms with E-state index in [1.165, 1.54) is 17.3 Å². The zero-order valence-corrected chi connectivity index (χ0v) is 15.0. The molecule has 3 rings (SSSR count). The molecule has 1 saturated heterocycles. The van der Waals surface area contributed by atoms with Gasteiger partial charge in [-0.05, 0) is 47.5 Å². The highest BCUT2D eigenvalue weighted by Crippen LogP contribution is 2.32. The van der Waals surface area contributed by atoms with E-state index in [9.17, 15) is 4.79 Å². The number of nitrogens with zero attached hydrogens (tertiary/aromatic N) is 2. The third-order valence-electron chi connectivity index (χ3n) is 3.91. The van der Waals surface area contributed by atoms with Crippen molar-refractivity contribution in [2.24, 2.45) is 4.99 Å². The van der Waals surface area contributed by atoms with E-state index < -0.39 is 0 Å². The van der Waals surface area contributed by atoms with Gasteiger partial charge in [0.15, 0.2) is 5.17 Å². The molecule has 26 heavy (non-hydrogen) atoms. The number of carbonyl (C=O) groups is 1. The lowest BCUT2D eigenvalue weighted by Gasteiger charge is -2.08. The summed E-state index contributed by atoms with van der Waals surface area (Å²) in [5.41, 5.74) is 3.01. The molecular weight excluding hydrogens is 346 g/mol. The second-order valence-electron chi connectivity index (χ2n) is 5.64. The van der Waals surface area contributed by atoms with Crippen molar-refractivity contribution in [3.63, 3.8) is 0 Å². The van der Waals surface area contributed by atoms with Crippen LogP contribution in [0.15, 0.2) is 64.5 Å². The Morgan fingerprint density at radius 2 is 1.92 bits per heavy atom. The van der Waals surface area contributed by atoms with Gasteiger partial charge in [0.25, 0.3) is 5.91 Å². The minimum absolute atomic E-state index is 0.232. The third-order valence-corrected chi connectivity index (χ3v) is 4.99. The van der Waals surface area contributed by atoms with Gasteiger partial charge in [-0.1, -0.05) is 42.5 Å². The molecule has 1 aliphatic rings. The number of carbonyl (C=O) groups excluding carboxylic acids is 1. The molecule has 5 nitrogen and oxygen atoms in total. The smallest absolute Gasteiger partial charge is 0.264 e. The lowest BCUT2D eigenvalue weighted by molar-refractivity contribution is -0.115. The standard InChI is InChI=1S/C20H17N3O2S/c1-14(18-19(24)23-20(26-18)22-13-21)16-7-9-17(10-8-16)25-12-11-15-5-3-2-4-6-15/h2-10H,11-12H2,1H3,(H,22,23,24). The summed E-state index contributed by atoms with van der Waals surface area (Å²) in [6, 6.07) is 17.8. The molecule has 1 heterocycles. The predicted molar refractivity (Wildman–Crippen MR) is 103 cm³/mol. The first-order chi connectivity index (χ1) is 12.7. The first kappa shape index (κ1) is 17.8. The van der Waals surface area contributed by atoms with Crippen molar-refractivity contribution in [1.82, 2.24) is 5.32 Å². The Balaban J connectivity index is 1.64. The number of thioether (sulfide) groups is 1. The Hall–Kier alpha value is -3.04. The molecule has 0 bridgehead atoms. The summed E-state index contributed by atoms with van der Waals surface area (Å²) in [5.74, 6) is 0.558. The molecule has 6 heteroatoms. The first-order valence-electron chi connectivity index (χ1n) is 8.11. The number of benzene rings is 2. The van der Waals surface area contributed by atoms with E-state index in [1.54, 1.807) is 6.19 Å². The number of hydrogen-bond acceptors (Lipinski definition) is 5. The van der Waals surface area contributed by atoms with Gasteiger partial charge in [0.2, 0.25) is 6.19 Å². The largest absolute Gasteiger partial charge is 0.493 e. The number of ether oxygens (including phenoxy) is 1. The Kier molecular flexibility index (Phi) is 5.72. The summed E-state index contributed by atoms with van der Waals surface area (Å²) >= 11 is 1.18. The average Bonchev–Trinajstić information content (AvgIpc) is 3.03. The summed E-state index contributed by atoms with van der Waals surface area (Å²) in [4.78, 5) is 16.1. The molecule has 0 spiro atoms. The molecule has 0 saturated carbocycles. The maximum Gasteiger partial charge on any atom is 0.264 e. The third kappa shape index (κ3) is 4.32.